The summed E-state index contributed by atoms with van der Waals surface area (Å²) in [6.45, 7) is 4.46. The molecule has 0 aromatic carbocycles. The quantitative estimate of drug-likeness (QED) is 0.766. The molecule has 156 valence electrons. The second-order valence-electron chi connectivity index (χ2n) is 7.58. The third-order valence-corrected chi connectivity index (χ3v) is 6.30. The fraction of sp³-hybridized carbons (Fsp3) is 0.550. The van der Waals surface area contributed by atoms with E-state index >= 15 is 0 Å². The van der Waals surface area contributed by atoms with Crippen LogP contribution in [0.5, 0.6) is 0 Å². The van der Waals surface area contributed by atoms with Crippen molar-refractivity contribution in [2.24, 2.45) is 0 Å². The summed E-state index contributed by atoms with van der Waals surface area (Å²) in [6.07, 6.45) is 2.12. The molecule has 0 radical (unpaired) electrons. The van der Waals surface area contributed by atoms with Crippen LogP contribution >= 0.6 is 11.3 Å². The second kappa shape index (κ2) is 9.06. The number of nitrogens with one attached hydrogen (secondary N) is 1. The largest absolute Gasteiger partial charge is 0.376 e. The number of nitrogens with zero attached hydrogens (tertiary/aromatic N) is 4. The number of carbonyl (C=O) groups excluding carboxylic acids is 2. The lowest BCUT2D eigenvalue weighted by atomic mass is 10.2. The molecule has 0 spiro atoms. The molecule has 2 aliphatic heterocycles. The van der Waals surface area contributed by atoms with E-state index in [1.807, 2.05) is 22.4 Å². The fourth-order valence-corrected chi connectivity index (χ4v) is 4.41. The average molecular weight is 418 g/mol. The molecule has 0 unspecified atom stereocenters. The summed E-state index contributed by atoms with van der Waals surface area (Å²) in [4.78, 5) is 30.5. The number of hydrogen-bond donors (Lipinski definition) is 1. The molecular weight excluding hydrogens is 390 g/mol. The monoisotopic (exact) mass is 417 g/mol. The SMILES string of the molecule is CN1CCN(C(=O)c2cc(-c3cccs3)n(CC(=O)NC[C@H]3CCCO3)n2)CC1. The predicted octanol–water partition coefficient (Wildman–Crippen LogP) is 1.29. The number of thiophene rings is 1. The van der Waals surface area contributed by atoms with E-state index in [0.717, 1.165) is 43.1 Å². The van der Waals surface area contributed by atoms with Gasteiger partial charge in [-0.1, -0.05) is 6.07 Å². The van der Waals surface area contributed by atoms with E-state index in [0.29, 0.717) is 25.3 Å². The minimum atomic E-state index is -0.125. The van der Waals surface area contributed by atoms with Gasteiger partial charge in [0.1, 0.15) is 6.54 Å². The zero-order valence-electron chi connectivity index (χ0n) is 16.7. The molecule has 2 saturated heterocycles. The van der Waals surface area contributed by atoms with Crippen LogP contribution in [-0.4, -0.2) is 83.9 Å². The Labute approximate surface area is 174 Å². The van der Waals surface area contributed by atoms with Crippen LogP contribution in [0.2, 0.25) is 0 Å². The van der Waals surface area contributed by atoms with Gasteiger partial charge in [0.25, 0.3) is 5.91 Å². The van der Waals surface area contributed by atoms with Gasteiger partial charge < -0.3 is 19.9 Å². The van der Waals surface area contributed by atoms with E-state index in [4.69, 9.17) is 4.74 Å². The lowest BCUT2D eigenvalue weighted by Gasteiger charge is -2.31. The Bertz CT molecular complexity index is 836. The van der Waals surface area contributed by atoms with Crippen molar-refractivity contribution in [1.82, 2.24) is 24.9 Å². The van der Waals surface area contributed by atoms with Crippen molar-refractivity contribution in [1.29, 1.82) is 0 Å². The Morgan fingerprint density at radius 2 is 2.14 bits per heavy atom. The summed E-state index contributed by atoms with van der Waals surface area (Å²) in [5, 5.41) is 9.41. The zero-order chi connectivity index (χ0) is 20.2. The Hall–Kier alpha value is -2.23. The summed E-state index contributed by atoms with van der Waals surface area (Å²) in [6, 6.07) is 5.74. The molecule has 2 aliphatic rings. The molecule has 1 N–H and O–H groups in total. The summed E-state index contributed by atoms with van der Waals surface area (Å²) in [7, 11) is 2.06. The molecule has 4 rings (SSSR count). The van der Waals surface area contributed by atoms with Crippen molar-refractivity contribution < 1.29 is 14.3 Å². The van der Waals surface area contributed by atoms with E-state index in [-0.39, 0.29) is 24.5 Å². The van der Waals surface area contributed by atoms with E-state index in [1.165, 1.54) is 0 Å². The minimum Gasteiger partial charge on any atom is -0.376 e. The van der Waals surface area contributed by atoms with Gasteiger partial charge in [0.15, 0.2) is 5.69 Å². The molecule has 0 aliphatic carbocycles. The van der Waals surface area contributed by atoms with Gasteiger partial charge in [-0.15, -0.1) is 11.3 Å². The van der Waals surface area contributed by atoms with Gasteiger partial charge in [0.2, 0.25) is 5.91 Å². The van der Waals surface area contributed by atoms with E-state index in [1.54, 1.807) is 22.1 Å². The molecule has 2 aromatic rings. The zero-order valence-corrected chi connectivity index (χ0v) is 17.5. The molecule has 0 saturated carbocycles. The van der Waals surface area contributed by atoms with Crippen LogP contribution in [-0.2, 0) is 16.1 Å². The first-order valence-electron chi connectivity index (χ1n) is 10.1. The first kappa shape index (κ1) is 20.1. The summed E-state index contributed by atoms with van der Waals surface area (Å²) in [5.41, 5.74) is 1.19. The number of ether oxygens (including phenoxy) is 1. The molecule has 2 amide bonds. The molecule has 9 heteroatoms. The Morgan fingerprint density at radius 1 is 1.31 bits per heavy atom. The first-order valence-corrected chi connectivity index (χ1v) is 11.0. The highest BCUT2D eigenvalue weighted by molar-refractivity contribution is 7.13. The molecular formula is C20H27N5O3S. The van der Waals surface area contributed by atoms with Crippen LogP contribution in [0.1, 0.15) is 23.3 Å². The van der Waals surface area contributed by atoms with E-state index in [2.05, 4.69) is 22.4 Å². The van der Waals surface area contributed by atoms with Crippen LogP contribution in [0.15, 0.2) is 23.6 Å². The molecule has 0 bridgehead atoms. The van der Waals surface area contributed by atoms with Gasteiger partial charge in [-0.25, -0.2) is 0 Å². The number of hydrogen-bond acceptors (Lipinski definition) is 6. The molecule has 1 atom stereocenters. The van der Waals surface area contributed by atoms with Crippen molar-refractivity contribution >= 4 is 23.2 Å². The number of rotatable bonds is 6. The number of aromatic nitrogens is 2. The van der Waals surface area contributed by atoms with Crippen LogP contribution in [0.3, 0.4) is 0 Å². The van der Waals surface area contributed by atoms with Gasteiger partial charge >= 0.3 is 0 Å². The number of piperazine rings is 1. The maximum Gasteiger partial charge on any atom is 0.274 e. The molecule has 2 fully saturated rings. The van der Waals surface area contributed by atoms with Gasteiger partial charge in [-0.3, -0.25) is 14.3 Å². The van der Waals surface area contributed by atoms with Crippen molar-refractivity contribution in [3.63, 3.8) is 0 Å². The highest BCUT2D eigenvalue weighted by Gasteiger charge is 2.25. The van der Waals surface area contributed by atoms with Crippen molar-refractivity contribution in [3.05, 3.63) is 29.3 Å². The topological polar surface area (TPSA) is 79.7 Å². The van der Waals surface area contributed by atoms with Gasteiger partial charge in [0, 0.05) is 39.3 Å². The predicted molar refractivity (Wildman–Crippen MR) is 111 cm³/mol. The molecule has 2 aromatic heterocycles. The van der Waals surface area contributed by atoms with Crippen LogP contribution in [0.25, 0.3) is 10.6 Å². The third kappa shape index (κ3) is 4.85. The number of likely N-dealkylation sites (N-methyl/N-ethyl adjacent to an activating group) is 1. The third-order valence-electron chi connectivity index (χ3n) is 5.41. The summed E-state index contributed by atoms with van der Waals surface area (Å²) < 4.78 is 7.20. The first-order chi connectivity index (χ1) is 14.1. The molecule has 29 heavy (non-hydrogen) atoms. The van der Waals surface area contributed by atoms with Crippen molar-refractivity contribution in [2.45, 2.75) is 25.5 Å². The average Bonchev–Trinajstić information content (AvgIpc) is 3.47. The van der Waals surface area contributed by atoms with Gasteiger partial charge in [-0.05, 0) is 37.4 Å². The van der Waals surface area contributed by atoms with E-state index in [9.17, 15) is 9.59 Å². The summed E-state index contributed by atoms with van der Waals surface area (Å²) >= 11 is 1.57. The van der Waals surface area contributed by atoms with Gasteiger partial charge in [0.05, 0.1) is 16.7 Å². The number of carbonyl (C=O) groups is 2. The fourth-order valence-electron chi connectivity index (χ4n) is 3.66. The Morgan fingerprint density at radius 3 is 2.83 bits per heavy atom. The van der Waals surface area contributed by atoms with Crippen molar-refractivity contribution in [2.75, 3.05) is 46.4 Å². The highest BCUT2D eigenvalue weighted by atomic mass is 32.1. The lowest BCUT2D eigenvalue weighted by Crippen LogP contribution is -2.47. The standard InChI is InChI=1S/C20H27N5O3S/c1-23-6-8-24(9-7-23)20(27)16-12-17(18-5-3-11-29-18)25(22-16)14-19(26)21-13-15-4-2-10-28-15/h3,5,11-12,15H,2,4,6-10,13-14H2,1H3,(H,21,26)/t15-/m1/s1. The Balaban J connectivity index is 1.47. The normalized spacial score (nSPS) is 20.2. The maximum absolute atomic E-state index is 12.9. The molecule has 4 heterocycles. The second-order valence-corrected chi connectivity index (χ2v) is 8.53. The molecule has 8 nitrogen and oxygen atoms in total. The summed E-state index contributed by atoms with van der Waals surface area (Å²) in [5.74, 6) is -0.200. The van der Waals surface area contributed by atoms with Crippen molar-refractivity contribution in [3.8, 4) is 10.6 Å². The maximum atomic E-state index is 12.9. The van der Waals surface area contributed by atoms with Crippen LogP contribution in [0.4, 0.5) is 0 Å². The van der Waals surface area contributed by atoms with Gasteiger partial charge in [-0.2, -0.15) is 5.10 Å². The smallest absolute Gasteiger partial charge is 0.274 e. The van der Waals surface area contributed by atoms with E-state index < -0.39 is 0 Å². The minimum absolute atomic E-state index is 0.0746. The van der Waals surface area contributed by atoms with Crippen LogP contribution < -0.4 is 5.32 Å². The highest BCUT2D eigenvalue weighted by Crippen LogP contribution is 2.26. The number of amides is 2. The lowest BCUT2D eigenvalue weighted by molar-refractivity contribution is -0.122. The van der Waals surface area contributed by atoms with Crippen LogP contribution in [0, 0.1) is 0 Å². The Kier molecular flexibility index (Phi) is 6.27.